The number of rotatable bonds is 4. The van der Waals surface area contributed by atoms with Crippen LogP contribution in [0, 0.1) is 10.1 Å². The summed E-state index contributed by atoms with van der Waals surface area (Å²) in [6, 6.07) is 6.22. The Hall–Kier alpha value is -2.32. The molecule has 0 spiro atoms. The minimum Gasteiger partial charge on any atom is -0.258 e. The molecule has 0 aliphatic carbocycles. The van der Waals surface area contributed by atoms with E-state index in [1.807, 2.05) is 0 Å². The van der Waals surface area contributed by atoms with Gasteiger partial charge in [-0.1, -0.05) is 23.7 Å². The highest BCUT2D eigenvalue weighted by Crippen LogP contribution is 2.22. The Morgan fingerprint density at radius 3 is 2.95 bits per heavy atom. The smallest absolute Gasteiger partial charge is 0.258 e. The van der Waals surface area contributed by atoms with Crippen LogP contribution in [0.25, 0.3) is 11.4 Å². The lowest BCUT2D eigenvalue weighted by atomic mass is 10.2. The van der Waals surface area contributed by atoms with Gasteiger partial charge in [-0.05, 0) is 0 Å². The van der Waals surface area contributed by atoms with Crippen molar-refractivity contribution in [1.82, 2.24) is 19.7 Å². The van der Waals surface area contributed by atoms with Gasteiger partial charge in [0.05, 0.1) is 11.5 Å². The maximum Gasteiger partial charge on any atom is 0.270 e. The molecule has 0 aliphatic heterocycles. The second kappa shape index (κ2) is 5.58. The molecule has 0 saturated heterocycles. The maximum absolute atomic E-state index is 10.8. The van der Waals surface area contributed by atoms with Crippen molar-refractivity contribution in [3.8, 4) is 11.4 Å². The van der Waals surface area contributed by atoms with Crippen molar-refractivity contribution in [1.29, 1.82) is 0 Å². The third-order valence-corrected chi connectivity index (χ3v) is 3.79. The number of nitrogens with zero attached hydrogens (tertiary/aromatic N) is 5. The maximum atomic E-state index is 10.8. The molecular weight excluding hydrogens is 314 g/mol. The van der Waals surface area contributed by atoms with Crippen LogP contribution in [0.4, 0.5) is 5.69 Å². The lowest BCUT2D eigenvalue weighted by Crippen LogP contribution is -1.98. The fraction of sp³-hybridized carbons (Fsp3) is 0.0833. The van der Waals surface area contributed by atoms with E-state index in [2.05, 4.69) is 15.1 Å². The molecule has 2 aromatic heterocycles. The van der Waals surface area contributed by atoms with Crippen LogP contribution in [0.3, 0.4) is 0 Å². The van der Waals surface area contributed by atoms with Crippen LogP contribution < -0.4 is 0 Å². The molecule has 0 atom stereocenters. The van der Waals surface area contributed by atoms with Crippen LogP contribution in [-0.2, 0) is 6.54 Å². The van der Waals surface area contributed by atoms with E-state index in [1.165, 1.54) is 23.5 Å². The van der Waals surface area contributed by atoms with Crippen molar-refractivity contribution in [3.63, 3.8) is 0 Å². The third kappa shape index (κ3) is 3.06. The Balaban J connectivity index is 1.84. The van der Waals surface area contributed by atoms with Gasteiger partial charge in [-0.2, -0.15) is 5.10 Å². The molecule has 0 amide bonds. The first-order valence-corrected chi connectivity index (χ1v) is 7.06. The predicted octanol–water partition coefficient (Wildman–Crippen LogP) is 3.01. The van der Waals surface area contributed by atoms with Gasteiger partial charge in [-0.15, -0.1) is 11.3 Å². The molecule has 9 heteroatoms. The van der Waals surface area contributed by atoms with E-state index in [4.69, 9.17) is 11.6 Å². The standard InChI is InChI=1S/C12H8ClN5O2S/c13-12-14-5-10(21-12)6-17-7-15-11(16-17)8-2-1-3-9(4-8)18(19)20/h1-5,7H,6H2. The fourth-order valence-electron chi connectivity index (χ4n) is 1.78. The molecule has 0 unspecified atom stereocenters. The second-order valence-corrected chi connectivity index (χ2v) is 5.85. The molecule has 0 bridgehead atoms. The number of aromatic nitrogens is 4. The number of hydrogen-bond donors (Lipinski definition) is 0. The van der Waals surface area contributed by atoms with E-state index in [-0.39, 0.29) is 5.69 Å². The molecule has 7 nitrogen and oxygen atoms in total. The van der Waals surface area contributed by atoms with Crippen molar-refractivity contribution >= 4 is 28.6 Å². The van der Waals surface area contributed by atoms with Crippen molar-refractivity contribution in [2.24, 2.45) is 0 Å². The first-order chi connectivity index (χ1) is 10.1. The van der Waals surface area contributed by atoms with Gasteiger partial charge < -0.3 is 0 Å². The summed E-state index contributed by atoms with van der Waals surface area (Å²) in [4.78, 5) is 19.4. The van der Waals surface area contributed by atoms with Gasteiger partial charge in [0.25, 0.3) is 5.69 Å². The van der Waals surface area contributed by atoms with E-state index in [1.54, 1.807) is 29.3 Å². The molecule has 0 radical (unpaired) electrons. The highest BCUT2D eigenvalue weighted by molar-refractivity contribution is 7.15. The van der Waals surface area contributed by atoms with E-state index >= 15 is 0 Å². The van der Waals surface area contributed by atoms with Gasteiger partial charge in [0.2, 0.25) is 0 Å². The van der Waals surface area contributed by atoms with Gasteiger partial charge in [0, 0.05) is 28.8 Å². The number of thiazole rings is 1. The summed E-state index contributed by atoms with van der Waals surface area (Å²) in [5.41, 5.74) is 0.614. The van der Waals surface area contributed by atoms with Gasteiger partial charge in [0.1, 0.15) is 6.33 Å². The Labute approximate surface area is 128 Å². The SMILES string of the molecule is O=[N+]([O-])c1cccc(-c2ncn(Cc3cnc(Cl)s3)n2)c1. The van der Waals surface area contributed by atoms with Gasteiger partial charge in [-0.25, -0.2) is 14.6 Å². The summed E-state index contributed by atoms with van der Waals surface area (Å²) in [6.07, 6.45) is 3.25. The molecule has 106 valence electrons. The number of nitro groups is 1. The third-order valence-electron chi connectivity index (χ3n) is 2.69. The van der Waals surface area contributed by atoms with Crippen LogP contribution in [0.15, 0.2) is 36.8 Å². The zero-order valence-electron chi connectivity index (χ0n) is 10.5. The normalized spacial score (nSPS) is 10.7. The number of non-ortho nitro benzene ring substituents is 1. The number of nitro benzene ring substituents is 1. The largest absolute Gasteiger partial charge is 0.270 e. The first kappa shape index (κ1) is 13.7. The van der Waals surface area contributed by atoms with E-state index in [9.17, 15) is 10.1 Å². The molecular formula is C12H8ClN5O2S. The van der Waals surface area contributed by atoms with E-state index in [0.717, 1.165) is 4.88 Å². The zero-order chi connectivity index (χ0) is 14.8. The van der Waals surface area contributed by atoms with Crippen molar-refractivity contribution in [2.45, 2.75) is 6.54 Å². The summed E-state index contributed by atoms with van der Waals surface area (Å²) in [5.74, 6) is 0.439. The average Bonchev–Trinajstić information content (AvgIpc) is 3.09. The molecule has 1 aromatic carbocycles. The van der Waals surface area contributed by atoms with Crippen LogP contribution in [-0.4, -0.2) is 24.7 Å². The van der Waals surface area contributed by atoms with Gasteiger partial charge in [0.15, 0.2) is 10.3 Å². The Kier molecular flexibility index (Phi) is 3.63. The minimum atomic E-state index is -0.445. The lowest BCUT2D eigenvalue weighted by molar-refractivity contribution is -0.384. The number of benzene rings is 1. The van der Waals surface area contributed by atoms with Crippen molar-refractivity contribution in [2.75, 3.05) is 0 Å². The van der Waals surface area contributed by atoms with Gasteiger partial charge in [-0.3, -0.25) is 10.1 Å². The summed E-state index contributed by atoms with van der Waals surface area (Å²) in [6.45, 7) is 0.506. The highest BCUT2D eigenvalue weighted by atomic mass is 35.5. The van der Waals surface area contributed by atoms with Crippen LogP contribution in [0.1, 0.15) is 4.88 Å². The summed E-state index contributed by atoms with van der Waals surface area (Å²) >= 11 is 7.14. The van der Waals surface area contributed by atoms with Crippen molar-refractivity contribution < 1.29 is 4.92 Å². The number of halogens is 1. The number of hydrogen-bond acceptors (Lipinski definition) is 6. The van der Waals surface area contributed by atoms with Crippen LogP contribution in [0.2, 0.25) is 4.47 Å². The Morgan fingerprint density at radius 2 is 2.24 bits per heavy atom. The zero-order valence-corrected chi connectivity index (χ0v) is 12.1. The molecule has 3 aromatic rings. The molecule has 3 rings (SSSR count). The van der Waals surface area contributed by atoms with E-state index in [0.29, 0.717) is 22.4 Å². The van der Waals surface area contributed by atoms with Crippen LogP contribution >= 0.6 is 22.9 Å². The minimum absolute atomic E-state index is 0.0121. The predicted molar refractivity (Wildman–Crippen MR) is 78.3 cm³/mol. The molecule has 0 N–H and O–H groups in total. The fourth-order valence-corrected chi connectivity index (χ4v) is 2.75. The molecule has 2 heterocycles. The lowest BCUT2D eigenvalue weighted by Gasteiger charge is -1.97. The Bertz CT molecular complexity index is 800. The van der Waals surface area contributed by atoms with Crippen molar-refractivity contribution in [3.05, 3.63) is 56.2 Å². The molecule has 21 heavy (non-hydrogen) atoms. The molecule has 0 aliphatic rings. The monoisotopic (exact) mass is 321 g/mol. The quantitative estimate of drug-likeness (QED) is 0.544. The highest BCUT2D eigenvalue weighted by Gasteiger charge is 2.10. The average molecular weight is 322 g/mol. The summed E-state index contributed by atoms with van der Waals surface area (Å²) < 4.78 is 2.11. The molecule has 0 fully saturated rings. The van der Waals surface area contributed by atoms with Crippen LogP contribution in [0.5, 0.6) is 0 Å². The topological polar surface area (TPSA) is 86.7 Å². The Morgan fingerprint density at radius 1 is 1.38 bits per heavy atom. The summed E-state index contributed by atoms with van der Waals surface area (Å²) in [5, 5.41) is 15.1. The van der Waals surface area contributed by atoms with E-state index < -0.39 is 4.92 Å². The first-order valence-electron chi connectivity index (χ1n) is 5.86. The van der Waals surface area contributed by atoms with Gasteiger partial charge >= 0.3 is 0 Å². The molecule has 0 saturated carbocycles. The second-order valence-electron chi connectivity index (χ2n) is 4.15. The summed E-state index contributed by atoms with van der Waals surface area (Å²) in [7, 11) is 0.